The summed E-state index contributed by atoms with van der Waals surface area (Å²) in [5.74, 6) is -0.0587. The van der Waals surface area contributed by atoms with E-state index in [1.807, 2.05) is 0 Å². The minimum Gasteiger partial charge on any atom is -0.497 e. The highest BCUT2D eigenvalue weighted by molar-refractivity contribution is 5.96. The summed E-state index contributed by atoms with van der Waals surface area (Å²) in [6, 6.07) is 11.4. The number of nitro benzene ring substituents is 1. The van der Waals surface area contributed by atoms with Gasteiger partial charge in [0.1, 0.15) is 11.4 Å². The second-order valence-corrected chi connectivity index (χ2v) is 6.22. The van der Waals surface area contributed by atoms with Gasteiger partial charge in [-0.15, -0.1) is 0 Å². The van der Waals surface area contributed by atoms with E-state index in [1.165, 1.54) is 11.0 Å². The largest absolute Gasteiger partial charge is 0.497 e. The number of hydrogen-bond acceptors (Lipinski definition) is 6. The Morgan fingerprint density at radius 1 is 1.07 bits per heavy atom. The summed E-state index contributed by atoms with van der Waals surface area (Å²) in [5, 5.41) is 16.4. The Labute approximate surface area is 162 Å². The van der Waals surface area contributed by atoms with E-state index in [1.54, 1.807) is 57.5 Å². The third kappa shape index (κ3) is 5.78. The van der Waals surface area contributed by atoms with Crippen molar-refractivity contribution in [2.24, 2.45) is 0 Å². The number of amides is 2. The number of likely N-dealkylation sites (N-methyl/N-ethyl adjacent to an activating group) is 1. The molecule has 2 aromatic rings. The van der Waals surface area contributed by atoms with E-state index in [4.69, 9.17) is 4.74 Å². The molecule has 0 unspecified atom stereocenters. The van der Waals surface area contributed by atoms with Crippen molar-refractivity contribution < 1.29 is 19.2 Å². The van der Waals surface area contributed by atoms with E-state index in [0.717, 1.165) is 0 Å². The van der Waals surface area contributed by atoms with Gasteiger partial charge in [-0.2, -0.15) is 0 Å². The number of aryl methyl sites for hydroxylation is 1. The molecule has 2 rings (SSSR count). The molecule has 0 aliphatic heterocycles. The molecule has 0 heterocycles. The molecule has 0 saturated heterocycles. The fourth-order valence-corrected chi connectivity index (χ4v) is 2.57. The average molecular weight is 386 g/mol. The van der Waals surface area contributed by atoms with Gasteiger partial charge in [0.25, 0.3) is 5.69 Å². The van der Waals surface area contributed by atoms with Gasteiger partial charge in [0, 0.05) is 11.8 Å². The minimum atomic E-state index is -0.547. The number of nitrogens with zero attached hydrogens (tertiary/aromatic N) is 2. The van der Waals surface area contributed by atoms with Gasteiger partial charge in [-0.05, 0) is 43.8 Å². The first kappa shape index (κ1) is 20.8. The third-order valence-electron chi connectivity index (χ3n) is 3.91. The van der Waals surface area contributed by atoms with Gasteiger partial charge in [0.05, 0.1) is 25.1 Å². The lowest BCUT2D eigenvalue weighted by molar-refractivity contribution is -0.384. The number of carbonyl (C=O) groups is 2. The molecule has 0 atom stereocenters. The standard InChI is InChI=1S/C19H22N4O5/c1-13-5-4-6-16(23(26)27)19(13)21-18(25)12-22(2)11-17(24)20-14-7-9-15(28-3)10-8-14/h4-10H,11-12H2,1-3H3,(H,20,24)(H,21,25). The van der Waals surface area contributed by atoms with Gasteiger partial charge in [-0.1, -0.05) is 12.1 Å². The molecule has 0 aromatic heterocycles. The van der Waals surface area contributed by atoms with E-state index in [9.17, 15) is 19.7 Å². The first-order chi connectivity index (χ1) is 13.3. The number of methoxy groups -OCH3 is 1. The van der Waals surface area contributed by atoms with Gasteiger partial charge < -0.3 is 15.4 Å². The number of carbonyl (C=O) groups excluding carboxylic acids is 2. The lowest BCUT2D eigenvalue weighted by Gasteiger charge is -2.16. The second-order valence-electron chi connectivity index (χ2n) is 6.22. The van der Waals surface area contributed by atoms with Crippen molar-refractivity contribution >= 4 is 28.9 Å². The number of ether oxygens (including phenoxy) is 1. The van der Waals surface area contributed by atoms with Crippen molar-refractivity contribution in [2.75, 3.05) is 37.9 Å². The third-order valence-corrected chi connectivity index (χ3v) is 3.91. The number of anilines is 2. The van der Waals surface area contributed by atoms with E-state index < -0.39 is 10.8 Å². The Hall–Kier alpha value is -3.46. The van der Waals surface area contributed by atoms with Crippen LogP contribution in [0.15, 0.2) is 42.5 Å². The summed E-state index contributed by atoms with van der Waals surface area (Å²) in [5.41, 5.74) is 1.18. The normalized spacial score (nSPS) is 10.4. The van der Waals surface area contributed by atoms with Gasteiger partial charge in [-0.3, -0.25) is 24.6 Å². The number of para-hydroxylation sites is 1. The van der Waals surface area contributed by atoms with Gasteiger partial charge in [-0.25, -0.2) is 0 Å². The highest BCUT2D eigenvalue weighted by atomic mass is 16.6. The van der Waals surface area contributed by atoms with Crippen molar-refractivity contribution in [1.29, 1.82) is 0 Å². The van der Waals surface area contributed by atoms with Crippen LogP contribution >= 0.6 is 0 Å². The Morgan fingerprint density at radius 3 is 2.25 bits per heavy atom. The summed E-state index contributed by atoms with van der Waals surface area (Å²) in [6.07, 6.45) is 0. The Kier molecular flexibility index (Phi) is 7.05. The average Bonchev–Trinajstić information content (AvgIpc) is 2.63. The van der Waals surface area contributed by atoms with Crippen LogP contribution < -0.4 is 15.4 Å². The Morgan fingerprint density at radius 2 is 1.68 bits per heavy atom. The fraction of sp³-hybridized carbons (Fsp3) is 0.263. The first-order valence-electron chi connectivity index (χ1n) is 8.46. The van der Waals surface area contributed by atoms with E-state index in [-0.39, 0.29) is 30.4 Å². The molecule has 0 spiro atoms. The Bertz CT molecular complexity index is 867. The van der Waals surface area contributed by atoms with Crippen LogP contribution in [0, 0.1) is 17.0 Å². The zero-order valence-electron chi connectivity index (χ0n) is 15.9. The van der Waals surface area contributed by atoms with E-state index >= 15 is 0 Å². The molecule has 2 aromatic carbocycles. The molecule has 2 N–H and O–H groups in total. The SMILES string of the molecule is COc1ccc(NC(=O)CN(C)CC(=O)Nc2c(C)cccc2[N+](=O)[O-])cc1. The van der Waals surface area contributed by atoms with Crippen LogP contribution in [0.2, 0.25) is 0 Å². The highest BCUT2D eigenvalue weighted by Crippen LogP contribution is 2.27. The monoisotopic (exact) mass is 386 g/mol. The molecule has 148 valence electrons. The number of nitrogens with one attached hydrogen (secondary N) is 2. The lowest BCUT2D eigenvalue weighted by Crippen LogP contribution is -2.36. The summed E-state index contributed by atoms with van der Waals surface area (Å²) in [6.45, 7) is 1.56. The summed E-state index contributed by atoms with van der Waals surface area (Å²) >= 11 is 0. The molecule has 0 saturated carbocycles. The molecule has 0 aliphatic rings. The minimum absolute atomic E-state index is 0.0185. The molecule has 0 fully saturated rings. The van der Waals surface area contributed by atoms with Crippen LogP contribution in [-0.2, 0) is 9.59 Å². The maximum absolute atomic E-state index is 12.2. The van der Waals surface area contributed by atoms with E-state index in [0.29, 0.717) is 17.0 Å². The van der Waals surface area contributed by atoms with Crippen LogP contribution in [0.25, 0.3) is 0 Å². The Balaban J connectivity index is 1.90. The molecule has 2 amide bonds. The topological polar surface area (TPSA) is 114 Å². The summed E-state index contributed by atoms with van der Waals surface area (Å²) < 4.78 is 5.06. The zero-order valence-corrected chi connectivity index (χ0v) is 15.9. The van der Waals surface area contributed by atoms with Gasteiger partial charge >= 0.3 is 0 Å². The maximum Gasteiger partial charge on any atom is 0.293 e. The molecular weight excluding hydrogens is 364 g/mol. The summed E-state index contributed by atoms with van der Waals surface area (Å²) in [4.78, 5) is 36.4. The van der Waals surface area contributed by atoms with E-state index in [2.05, 4.69) is 10.6 Å². The van der Waals surface area contributed by atoms with Gasteiger partial charge in [0.15, 0.2) is 0 Å². The quantitative estimate of drug-likeness (QED) is 0.532. The van der Waals surface area contributed by atoms with Crippen molar-refractivity contribution in [3.05, 3.63) is 58.1 Å². The van der Waals surface area contributed by atoms with Crippen molar-refractivity contribution in [3.8, 4) is 5.75 Å². The van der Waals surface area contributed by atoms with Crippen LogP contribution in [0.3, 0.4) is 0 Å². The van der Waals surface area contributed by atoms with Crippen LogP contribution in [0.4, 0.5) is 17.1 Å². The van der Waals surface area contributed by atoms with Crippen molar-refractivity contribution in [3.63, 3.8) is 0 Å². The van der Waals surface area contributed by atoms with Crippen molar-refractivity contribution in [1.82, 2.24) is 4.90 Å². The van der Waals surface area contributed by atoms with Crippen LogP contribution in [0.1, 0.15) is 5.56 Å². The molecular formula is C19H22N4O5. The molecule has 0 radical (unpaired) electrons. The second kappa shape index (κ2) is 9.47. The predicted octanol–water partition coefficient (Wildman–Crippen LogP) is 2.42. The summed E-state index contributed by atoms with van der Waals surface area (Å²) in [7, 11) is 3.17. The van der Waals surface area contributed by atoms with Crippen molar-refractivity contribution in [2.45, 2.75) is 6.92 Å². The van der Waals surface area contributed by atoms with Gasteiger partial charge in [0.2, 0.25) is 11.8 Å². The number of benzene rings is 2. The lowest BCUT2D eigenvalue weighted by atomic mass is 10.1. The molecule has 9 nitrogen and oxygen atoms in total. The number of rotatable bonds is 8. The molecule has 0 aliphatic carbocycles. The number of nitro groups is 1. The molecule has 9 heteroatoms. The number of hydrogen-bond donors (Lipinski definition) is 2. The molecule has 0 bridgehead atoms. The van der Waals surface area contributed by atoms with Crippen LogP contribution in [0.5, 0.6) is 5.75 Å². The smallest absolute Gasteiger partial charge is 0.293 e. The predicted molar refractivity (Wildman–Crippen MR) is 106 cm³/mol. The van der Waals surface area contributed by atoms with Crippen LogP contribution in [-0.4, -0.2) is 48.9 Å². The zero-order chi connectivity index (χ0) is 20.7. The first-order valence-corrected chi connectivity index (χ1v) is 8.46. The highest BCUT2D eigenvalue weighted by Gasteiger charge is 2.19. The molecule has 28 heavy (non-hydrogen) atoms. The fourth-order valence-electron chi connectivity index (χ4n) is 2.57. The maximum atomic E-state index is 12.2.